The van der Waals surface area contributed by atoms with Crippen LogP contribution >= 0.6 is 12.2 Å². The lowest BCUT2D eigenvalue weighted by Gasteiger charge is -2.06. The molecule has 0 bridgehead atoms. The molecular formula is C11H12N4O4S. The molecule has 0 unspecified atom stereocenters. The highest BCUT2D eigenvalue weighted by Gasteiger charge is 2.09. The number of imidazole rings is 1. The van der Waals surface area contributed by atoms with Gasteiger partial charge in [-0.05, 0) is 27.6 Å². The van der Waals surface area contributed by atoms with Crippen LogP contribution in [0.15, 0.2) is 36.8 Å². The second kappa shape index (κ2) is 6.89. The van der Waals surface area contributed by atoms with Crippen molar-refractivity contribution in [1.29, 1.82) is 0 Å². The zero-order valence-corrected chi connectivity index (χ0v) is 11.4. The van der Waals surface area contributed by atoms with Crippen LogP contribution in [0.2, 0.25) is 0 Å². The lowest BCUT2D eigenvalue weighted by atomic mass is 10.2. The Morgan fingerprint density at radius 2 is 2.40 bits per heavy atom. The summed E-state index contributed by atoms with van der Waals surface area (Å²) < 4.78 is 9.22. The van der Waals surface area contributed by atoms with Gasteiger partial charge in [-0.25, -0.2) is 4.89 Å². The number of rotatable bonds is 7. The first-order valence-corrected chi connectivity index (χ1v) is 6.30. The third-order valence-electron chi connectivity index (χ3n) is 2.36. The number of nitro groups is 1. The molecule has 0 amide bonds. The molecule has 0 atom stereocenters. The molecule has 0 saturated carbocycles. The van der Waals surface area contributed by atoms with Crippen molar-refractivity contribution in [1.82, 2.24) is 9.55 Å². The normalized spacial score (nSPS) is 10.4. The molecule has 0 radical (unpaired) electrons. The number of aromatic nitrogens is 2. The van der Waals surface area contributed by atoms with E-state index in [-0.39, 0.29) is 5.82 Å². The third-order valence-corrected chi connectivity index (χ3v) is 2.88. The van der Waals surface area contributed by atoms with Crippen molar-refractivity contribution in [2.75, 3.05) is 11.8 Å². The molecular weight excluding hydrogens is 284 g/mol. The van der Waals surface area contributed by atoms with Crippen LogP contribution in [0.4, 0.5) is 11.5 Å². The molecule has 0 aliphatic carbocycles. The number of hydrogen-bond acceptors (Lipinski definition) is 7. The molecule has 1 aromatic carbocycles. The Balaban J connectivity index is 2.01. The van der Waals surface area contributed by atoms with Gasteiger partial charge in [-0.1, -0.05) is 12.1 Å². The number of anilines is 1. The Bertz CT molecular complexity index is 589. The Morgan fingerprint density at radius 3 is 3.10 bits per heavy atom. The molecule has 20 heavy (non-hydrogen) atoms. The Labute approximate surface area is 119 Å². The van der Waals surface area contributed by atoms with Gasteiger partial charge in [-0.2, -0.15) is 0 Å². The second-order valence-electron chi connectivity index (χ2n) is 3.78. The SMILES string of the molecule is COOSNc1cccc(Cn2cnc([N+](=O)[O-])c2)c1. The predicted molar refractivity (Wildman–Crippen MR) is 73.7 cm³/mol. The molecule has 1 heterocycles. The molecule has 8 nitrogen and oxygen atoms in total. The summed E-state index contributed by atoms with van der Waals surface area (Å²) in [5.41, 5.74) is 1.81. The van der Waals surface area contributed by atoms with Gasteiger partial charge in [0, 0.05) is 5.69 Å². The second-order valence-corrected chi connectivity index (χ2v) is 4.29. The van der Waals surface area contributed by atoms with Gasteiger partial charge in [0.05, 0.1) is 13.7 Å². The maximum absolute atomic E-state index is 10.6. The first-order chi connectivity index (χ1) is 9.69. The van der Waals surface area contributed by atoms with Crippen LogP contribution in [-0.2, 0) is 15.8 Å². The molecule has 0 spiro atoms. The summed E-state index contributed by atoms with van der Waals surface area (Å²) in [6, 6.07) is 7.55. The van der Waals surface area contributed by atoms with Crippen LogP contribution < -0.4 is 4.72 Å². The summed E-state index contributed by atoms with van der Waals surface area (Å²) in [5, 5.41) is 10.6. The fraction of sp³-hybridized carbons (Fsp3) is 0.182. The van der Waals surface area contributed by atoms with Crippen molar-refractivity contribution in [3.05, 3.63) is 52.5 Å². The number of hydrogen-bond donors (Lipinski definition) is 1. The molecule has 1 aromatic heterocycles. The van der Waals surface area contributed by atoms with Gasteiger partial charge in [0.1, 0.15) is 18.4 Å². The van der Waals surface area contributed by atoms with Crippen LogP contribution in [0, 0.1) is 10.1 Å². The van der Waals surface area contributed by atoms with Gasteiger partial charge < -0.3 is 19.4 Å². The molecule has 2 aromatic rings. The van der Waals surface area contributed by atoms with E-state index in [2.05, 4.69) is 18.9 Å². The molecule has 9 heteroatoms. The molecule has 1 N–H and O–H groups in total. The van der Waals surface area contributed by atoms with E-state index >= 15 is 0 Å². The van der Waals surface area contributed by atoms with Gasteiger partial charge in [0.15, 0.2) is 0 Å². The van der Waals surface area contributed by atoms with Crippen molar-refractivity contribution in [3.8, 4) is 0 Å². The molecule has 0 saturated heterocycles. The largest absolute Gasteiger partial charge is 0.381 e. The van der Waals surface area contributed by atoms with Crippen molar-refractivity contribution >= 4 is 23.7 Å². The van der Waals surface area contributed by atoms with Gasteiger partial charge >= 0.3 is 5.82 Å². The van der Waals surface area contributed by atoms with E-state index in [4.69, 9.17) is 0 Å². The van der Waals surface area contributed by atoms with Gasteiger partial charge in [-0.3, -0.25) is 0 Å². The first kappa shape index (κ1) is 14.3. The van der Waals surface area contributed by atoms with Gasteiger partial charge in [0.25, 0.3) is 0 Å². The molecule has 0 fully saturated rings. The van der Waals surface area contributed by atoms with Crippen LogP contribution in [0.25, 0.3) is 0 Å². The summed E-state index contributed by atoms with van der Waals surface area (Å²) in [5.74, 6) is -0.164. The minimum Gasteiger partial charge on any atom is -0.358 e. The fourth-order valence-corrected chi connectivity index (χ4v) is 1.90. The van der Waals surface area contributed by atoms with Gasteiger partial charge in [0.2, 0.25) is 6.33 Å². The highest BCUT2D eigenvalue weighted by molar-refractivity contribution is 7.95. The Hall–Kier alpha value is -2.10. The Kier molecular flexibility index (Phi) is 4.93. The monoisotopic (exact) mass is 296 g/mol. The lowest BCUT2D eigenvalue weighted by Crippen LogP contribution is -1.97. The predicted octanol–water partition coefficient (Wildman–Crippen LogP) is 2.39. The minimum absolute atomic E-state index is 0.164. The fourth-order valence-electron chi connectivity index (χ4n) is 1.57. The van der Waals surface area contributed by atoms with Crippen molar-refractivity contribution in [3.63, 3.8) is 0 Å². The number of benzene rings is 1. The van der Waals surface area contributed by atoms with Crippen LogP contribution in [-0.4, -0.2) is 21.6 Å². The topological polar surface area (TPSA) is 91.5 Å². The first-order valence-electron chi connectivity index (χ1n) is 5.56. The van der Waals surface area contributed by atoms with E-state index in [1.165, 1.54) is 19.6 Å². The number of nitrogens with one attached hydrogen (secondary N) is 1. The standard InChI is InChI=1S/C11H12N4O4S/c1-18-19-20-13-10-4-2-3-9(5-10)6-14-7-11(12-8-14)15(16)17/h2-5,7-8,13H,6H2,1H3. The summed E-state index contributed by atoms with van der Waals surface area (Å²) in [7, 11) is 1.41. The smallest absolute Gasteiger partial charge is 0.358 e. The molecule has 0 aliphatic rings. The van der Waals surface area contributed by atoms with E-state index < -0.39 is 4.92 Å². The van der Waals surface area contributed by atoms with E-state index in [0.717, 1.165) is 23.5 Å². The zero-order chi connectivity index (χ0) is 14.4. The minimum atomic E-state index is -0.521. The average Bonchev–Trinajstić information content (AvgIpc) is 2.88. The van der Waals surface area contributed by atoms with Gasteiger partial charge in [-0.15, -0.1) is 4.33 Å². The van der Waals surface area contributed by atoms with Crippen LogP contribution in [0.1, 0.15) is 5.56 Å². The lowest BCUT2D eigenvalue weighted by molar-refractivity contribution is -0.389. The van der Waals surface area contributed by atoms with Crippen LogP contribution in [0.3, 0.4) is 0 Å². The maximum atomic E-state index is 10.6. The summed E-state index contributed by atoms with van der Waals surface area (Å²) in [4.78, 5) is 18.2. The quantitative estimate of drug-likeness (QED) is 0.209. The maximum Gasteiger partial charge on any atom is 0.381 e. The van der Waals surface area contributed by atoms with E-state index in [1.54, 1.807) is 4.57 Å². The molecule has 0 aliphatic heterocycles. The summed E-state index contributed by atoms with van der Waals surface area (Å²) in [6.45, 7) is 0.492. The zero-order valence-electron chi connectivity index (χ0n) is 10.6. The Morgan fingerprint density at radius 1 is 1.55 bits per heavy atom. The van der Waals surface area contributed by atoms with Crippen molar-refractivity contribution in [2.24, 2.45) is 0 Å². The highest BCUT2D eigenvalue weighted by atomic mass is 32.2. The average molecular weight is 296 g/mol. The van der Waals surface area contributed by atoms with Crippen molar-refractivity contribution in [2.45, 2.75) is 6.54 Å². The van der Waals surface area contributed by atoms with E-state index in [1.807, 2.05) is 24.3 Å². The summed E-state index contributed by atoms with van der Waals surface area (Å²) in [6.07, 6.45) is 2.82. The molecule has 106 valence electrons. The summed E-state index contributed by atoms with van der Waals surface area (Å²) >= 11 is 0.949. The highest BCUT2D eigenvalue weighted by Crippen LogP contribution is 2.17. The molecule has 2 rings (SSSR count). The van der Waals surface area contributed by atoms with Crippen LogP contribution in [0.5, 0.6) is 0 Å². The number of nitrogens with zero attached hydrogens (tertiary/aromatic N) is 3. The van der Waals surface area contributed by atoms with Crippen molar-refractivity contribution < 1.29 is 14.1 Å². The van der Waals surface area contributed by atoms with E-state index in [9.17, 15) is 10.1 Å². The third kappa shape index (κ3) is 3.95. The van der Waals surface area contributed by atoms with E-state index in [0.29, 0.717) is 6.54 Å².